The van der Waals surface area contributed by atoms with Gasteiger partial charge in [-0.05, 0) is 30.0 Å². The van der Waals surface area contributed by atoms with E-state index in [-0.39, 0.29) is 0 Å². The van der Waals surface area contributed by atoms with Crippen LogP contribution in [0.1, 0.15) is 37.8 Å². The van der Waals surface area contributed by atoms with Crippen LogP contribution < -0.4 is 5.32 Å². The van der Waals surface area contributed by atoms with Crippen LogP contribution in [0.5, 0.6) is 0 Å². The van der Waals surface area contributed by atoms with Gasteiger partial charge in [-0.15, -0.1) is 0 Å². The average molecular weight is 279 g/mol. The van der Waals surface area contributed by atoms with E-state index in [1.165, 1.54) is 11.1 Å². The Balaban J connectivity index is 2.21. The molecule has 3 heteroatoms. The minimum atomic E-state index is 0.541. The molecule has 1 aromatic rings. The Bertz CT molecular complexity index is 349. The minimum absolute atomic E-state index is 0.541. The molecule has 0 heterocycles. The number of likely N-dealkylation sites (N-methyl/N-ethyl adjacent to an activating group) is 1. The highest BCUT2D eigenvalue weighted by molar-refractivity contribution is 5.24. The zero-order chi connectivity index (χ0) is 14.8. The second-order valence-corrected chi connectivity index (χ2v) is 5.72. The summed E-state index contributed by atoms with van der Waals surface area (Å²) in [5.41, 5.74) is 2.58. The SMILES string of the molecule is CNCC(C)c1ccc(COCCOCC(C)C)cc1. The molecule has 0 saturated carbocycles. The Hall–Kier alpha value is -0.900. The van der Waals surface area contributed by atoms with Gasteiger partial charge in [0.1, 0.15) is 0 Å². The summed E-state index contributed by atoms with van der Waals surface area (Å²) in [5, 5.41) is 3.20. The summed E-state index contributed by atoms with van der Waals surface area (Å²) >= 11 is 0. The van der Waals surface area contributed by atoms with Crippen molar-refractivity contribution in [3.63, 3.8) is 0 Å². The van der Waals surface area contributed by atoms with Crippen molar-refractivity contribution in [3.05, 3.63) is 35.4 Å². The summed E-state index contributed by atoms with van der Waals surface area (Å²) in [6.45, 7) is 10.3. The van der Waals surface area contributed by atoms with E-state index in [0.29, 0.717) is 31.7 Å². The lowest BCUT2D eigenvalue weighted by Gasteiger charge is -2.12. The van der Waals surface area contributed by atoms with Gasteiger partial charge in [0.15, 0.2) is 0 Å². The fourth-order valence-electron chi connectivity index (χ4n) is 1.99. The summed E-state index contributed by atoms with van der Waals surface area (Å²) in [6.07, 6.45) is 0. The first-order valence-corrected chi connectivity index (χ1v) is 7.52. The first-order valence-electron chi connectivity index (χ1n) is 7.52. The maximum Gasteiger partial charge on any atom is 0.0718 e. The number of nitrogens with one attached hydrogen (secondary N) is 1. The highest BCUT2D eigenvalue weighted by Gasteiger charge is 2.03. The molecule has 20 heavy (non-hydrogen) atoms. The Morgan fingerprint density at radius 3 is 2.25 bits per heavy atom. The van der Waals surface area contributed by atoms with Crippen LogP contribution >= 0.6 is 0 Å². The summed E-state index contributed by atoms with van der Waals surface area (Å²) < 4.78 is 11.1. The average Bonchev–Trinajstić information content (AvgIpc) is 2.43. The predicted octanol–water partition coefficient (Wildman–Crippen LogP) is 3.20. The molecule has 1 unspecified atom stereocenters. The van der Waals surface area contributed by atoms with E-state index in [2.05, 4.69) is 50.4 Å². The van der Waals surface area contributed by atoms with Gasteiger partial charge in [-0.3, -0.25) is 0 Å². The van der Waals surface area contributed by atoms with Crippen molar-refractivity contribution in [3.8, 4) is 0 Å². The van der Waals surface area contributed by atoms with Crippen LogP contribution in [-0.4, -0.2) is 33.4 Å². The zero-order valence-electron chi connectivity index (χ0n) is 13.3. The summed E-state index contributed by atoms with van der Waals surface area (Å²) in [4.78, 5) is 0. The van der Waals surface area contributed by atoms with Gasteiger partial charge in [-0.1, -0.05) is 45.0 Å². The van der Waals surface area contributed by atoms with Gasteiger partial charge in [0.05, 0.1) is 19.8 Å². The molecule has 0 saturated heterocycles. The maximum atomic E-state index is 5.61. The molecule has 0 aliphatic heterocycles. The van der Waals surface area contributed by atoms with Crippen LogP contribution in [0.4, 0.5) is 0 Å². The van der Waals surface area contributed by atoms with Gasteiger partial charge in [-0.25, -0.2) is 0 Å². The highest BCUT2D eigenvalue weighted by Crippen LogP contribution is 2.15. The van der Waals surface area contributed by atoms with Crippen molar-refractivity contribution < 1.29 is 9.47 Å². The van der Waals surface area contributed by atoms with Crippen LogP contribution in [0, 0.1) is 5.92 Å². The Morgan fingerprint density at radius 1 is 1.00 bits per heavy atom. The van der Waals surface area contributed by atoms with E-state index < -0.39 is 0 Å². The topological polar surface area (TPSA) is 30.5 Å². The lowest BCUT2D eigenvalue weighted by molar-refractivity contribution is 0.0314. The molecular weight excluding hydrogens is 250 g/mol. The number of ether oxygens (including phenoxy) is 2. The monoisotopic (exact) mass is 279 g/mol. The van der Waals surface area contributed by atoms with E-state index in [9.17, 15) is 0 Å². The van der Waals surface area contributed by atoms with Crippen LogP contribution in [0.2, 0.25) is 0 Å². The van der Waals surface area contributed by atoms with Crippen LogP contribution in [0.25, 0.3) is 0 Å². The van der Waals surface area contributed by atoms with Crippen molar-refractivity contribution in [1.82, 2.24) is 5.32 Å². The van der Waals surface area contributed by atoms with Gasteiger partial charge in [0.2, 0.25) is 0 Å². The molecule has 0 bridgehead atoms. The van der Waals surface area contributed by atoms with Crippen molar-refractivity contribution in [2.75, 3.05) is 33.4 Å². The van der Waals surface area contributed by atoms with E-state index >= 15 is 0 Å². The molecule has 0 amide bonds. The van der Waals surface area contributed by atoms with Crippen LogP contribution in [-0.2, 0) is 16.1 Å². The summed E-state index contributed by atoms with van der Waals surface area (Å²) in [5.74, 6) is 1.13. The Labute approximate surface area is 123 Å². The molecule has 1 atom stereocenters. The third-order valence-corrected chi connectivity index (χ3v) is 3.15. The first kappa shape index (κ1) is 17.2. The van der Waals surface area contributed by atoms with Gasteiger partial charge in [0, 0.05) is 13.2 Å². The van der Waals surface area contributed by atoms with E-state index in [1.807, 2.05) is 7.05 Å². The molecule has 114 valence electrons. The van der Waals surface area contributed by atoms with Crippen LogP contribution in [0.15, 0.2) is 24.3 Å². The molecule has 0 aliphatic rings. The first-order chi connectivity index (χ1) is 9.63. The number of hydrogen-bond acceptors (Lipinski definition) is 3. The quantitative estimate of drug-likeness (QED) is 0.667. The molecule has 0 fully saturated rings. The Morgan fingerprint density at radius 2 is 1.65 bits per heavy atom. The van der Waals surface area contributed by atoms with Crippen molar-refractivity contribution in [2.24, 2.45) is 5.92 Å². The largest absolute Gasteiger partial charge is 0.379 e. The highest BCUT2D eigenvalue weighted by atomic mass is 16.5. The molecule has 0 aromatic heterocycles. The Kier molecular flexibility index (Phi) is 8.51. The van der Waals surface area contributed by atoms with Gasteiger partial charge in [0.25, 0.3) is 0 Å². The lowest BCUT2D eigenvalue weighted by Crippen LogP contribution is -2.14. The third-order valence-electron chi connectivity index (χ3n) is 3.15. The second kappa shape index (κ2) is 9.92. The second-order valence-electron chi connectivity index (χ2n) is 5.72. The van der Waals surface area contributed by atoms with Gasteiger partial charge in [-0.2, -0.15) is 0 Å². The van der Waals surface area contributed by atoms with Crippen molar-refractivity contribution in [2.45, 2.75) is 33.3 Å². The fraction of sp³-hybridized carbons (Fsp3) is 0.647. The summed E-state index contributed by atoms with van der Waals surface area (Å²) in [7, 11) is 1.99. The molecule has 0 aliphatic carbocycles. The fourth-order valence-corrected chi connectivity index (χ4v) is 1.99. The zero-order valence-corrected chi connectivity index (χ0v) is 13.3. The molecule has 0 radical (unpaired) electrons. The number of benzene rings is 1. The van der Waals surface area contributed by atoms with Crippen molar-refractivity contribution >= 4 is 0 Å². The van der Waals surface area contributed by atoms with Crippen molar-refractivity contribution in [1.29, 1.82) is 0 Å². The number of hydrogen-bond donors (Lipinski definition) is 1. The van der Waals surface area contributed by atoms with E-state index in [1.54, 1.807) is 0 Å². The van der Waals surface area contributed by atoms with Gasteiger partial charge < -0.3 is 14.8 Å². The molecule has 0 spiro atoms. The molecule has 1 aromatic carbocycles. The standard InChI is InChI=1S/C17H29NO2/c1-14(2)12-19-9-10-20-13-16-5-7-17(8-6-16)15(3)11-18-4/h5-8,14-15,18H,9-13H2,1-4H3. The van der Waals surface area contributed by atoms with E-state index in [0.717, 1.165) is 13.2 Å². The van der Waals surface area contributed by atoms with Crippen LogP contribution in [0.3, 0.4) is 0 Å². The molecule has 3 nitrogen and oxygen atoms in total. The number of rotatable bonds is 10. The smallest absolute Gasteiger partial charge is 0.0718 e. The summed E-state index contributed by atoms with van der Waals surface area (Å²) in [6, 6.07) is 8.68. The third kappa shape index (κ3) is 7.04. The van der Waals surface area contributed by atoms with Gasteiger partial charge >= 0.3 is 0 Å². The van der Waals surface area contributed by atoms with E-state index in [4.69, 9.17) is 9.47 Å². The normalized spacial score (nSPS) is 12.8. The molecule has 1 N–H and O–H groups in total. The molecular formula is C17H29NO2. The lowest BCUT2D eigenvalue weighted by atomic mass is 10.00. The predicted molar refractivity (Wildman–Crippen MR) is 84.1 cm³/mol. The maximum absolute atomic E-state index is 5.61. The molecule has 1 rings (SSSR count). The minimum Gasteiger partial charge on any atom is -0.379 e.